The quantitative estimate of drug-likeness (QED) is 0.394. The number of amides is 2. The average Bonchev–Trinajstić information content (AvgIpc) is 3.05. The minimum Gasteiger partial charge on any atom is -0.469 e. The van der Waals surface area contributed by atoms with E-state index >= 15 is 0 Å². The largest absolute Gasteiger partial charge is 0.469 e. The first kappa shape index (κ1) is 21.2. The van der Waals surface area contributed by atoms with Gasteiger partial charge >= 0.3 is 5.97 Å². The van der Waals surface area contributed by atoms with Crippen LogP contribution in [-0.2, 0) is 14.3 Å². The van der Waals surface area contributed by atoms with E-state index in [2.05, 4.69) is 15.4 Å². The van der Waals surface area contributed by atoms with E-state index in [4.69, 9.17) is 0 Å². The minimum atomic E-state index is -0.420. The van der Waals surface area contributed by atoms with Crippen molar-refractivity contribution in [3.05, 3.63) is 65.0 Å². The minimum absolute atomic E-state index is 0.217. The predicted molar refractivity (Wildman–Crippen MR) is 112 cm³/mol. The number of nitrogens with one attached hydrogen (secondary N) is 2. The lowest BCUT2D eigenvalue weighted by molar-refractivity contribution is -0.140. The number of unbranched alkanes of at least 4 members (excludes halogenated alkanes) is 2. The fraction of sp³-hybridized carbons (Fsp3) is 0.261. The molecule has 0 aliphatic carbocycles. The highest BCUT2D eigenvalue weighted by atomic mass is 19.1. The zero-order valence-electron chi connectivity index (χ0n) is 16.7. The van der Waals surface area contributed by atoms with E-state index in [1.807, 2.05) is 0 Å². The van der Waals surface area contributed by atoms with Crippen LogP contribution in [0, 0.1) is 5.82 Å². The molecular formula is C23H23FN2O4. The second-order valence-corrected chi connectivity index (χ2v) is 6.97. The van der Waals surface area contributed by atoms with E-state index in [1.165, 1.54) is 25.3 Å². The van der Waals surface area contributed by atoms with Crippen molar-refractivity contribution in [1.29, 1.82) is 0 Å². The number of benzene rings is 2. The fourth-order valence-corrected chi connectivity index (χ4v) is 3.22. The Morgan fingerprint density at radius 2 is 1.97 bits per heavy atom. The molecule has 3 rings (SSSR count). The number of hydrogen-bond acceptors (Lipinski definition) is 4. The number of ether oxygens (including phenoxy) is 1. The summed E-state index contributed by atoms with van der Waals surface area (Å²) in [5.41, 5.74) is 2.56. The van der Waals surface area contributed by atoms with Gasteiger partial charge in [-0.1, -0.05) is 18.6 Å². The van der Waals surface area contributed by atoms with Gasteiger partial charge in [-0.2, -0.15) is 0 Å². The molecule has 0 spiro atoms. The van der Waals surface area contributed by atoms with Crippen LogP contribution in [0.1, 0.15) is 47.2 Å². The molecular weight excluding hydrogens is 387 g/mol. The predicted octanol–water partition coefficient (Wildman–Crippen LogP) is 3.78. The average molecular weight is 410 g/mol. The summed E-state index contributed by atoms with van der Waals surface area (Å²) in [6.07, 6.45) is 4.31. The summed E-state index contributed by atoms with van der Waals surface area (Å²) in [7, 11) is 1.36. The lowest BCUT2D eigenvalue weighted by atomic mass is 10.0. The number of fused-ring (bicyclic) bond motifs is 1. The zero-order chi connectivity index (χ0) is 21.5. The van der Waals surface area contributed by atoms with Gasteiger partial charge in [0, 0.05) is 35.4 Å². The summed E-state index contributed by atoms with van der Waals surface area (Å²) in [5, 5.41) is 5.55. The first-order valence-electron chi connectivity index (χ1n) is 9.76. The van der Waals surface area contributed by atoms with Crippen LogP contribution in [0.15, 0.2) is 42.5 Å². The molecule has 0 bridgehead atoms. The smallest absolute Gasteiger partial charge is 0.305 e. The molecule has 30 heavy (non-hydrogen) atoms. The summed E-state index contributed by atoms with van der Waals surface area (Å²) < 4.78 is 18.2. The molecule has 6 nitrogen and oxygen atoms in total. The van der Waals surface area contributed by atoms with Crippen LogP contribution in [-0.4, -0.2) is 31.4 Å². The van der Waals surface area contributed by atoms with Gasteiger partial charge in [0.1, 0.15) is 5.82 Å². The molecule has 0 aromatic heterocycles. The van der Waals surface area contributed by atoms with Gasteiger partial charge in [0.2, 0.25) is 0 Å². The van der Waals surface area contributed by atoms with Crippen LogP contribution in [0.3, 0.4) is 0 Å². The lowest BCUT2D eigenvalue weighted by Gasteiger charge is -2.06. The van der Waals surface area contributed by atoms with Crippen LogP contribution in [0.25, 0.3) is 11.6 Å². The summed E-state index contributed by atoms with van der Waals surface area (Å²) in [4.78, 5) is 35.7. The maximum Gasteiger partial charge on any atom is 0.305 e. The highest BCUT2D eigenvalue weighted by molar-refractivity contribution is 6.34. The summed E-state index contributed by atoms with van der Waals surface area (Å²) in [6, 6.07) is 11.0. The Labute approximate surface area is 174 Å². The number of anilines is 1. The van der Waals surface area contributed by atoms with E-state index in [0.717, 1.165) is 19.3 Å². The Bertz CT molecular complexity index is 1000. The molecule has 2 aromatic rings. The second kappa shape index (κ2) is 9.82. The van der Waals surface area contributed by atoms with E-state index in [-0.39, 0.29) is 17.8 Å². The van der Waals surface area contributed by atoms with Crippen LogP contribution in [0.5, 0.6) is 0 Å². The van der Waals surface area contributed by atoms with E-state index in [9.17, 15) is 18.8 Å². The highest BCUT2D eigenvalue weighted by Crippen LogP contribution is 2.33. The zero-order valence-corrected chi connectivity index (χ0v) is 16.7. The molecule has 1 aliphatic heterocycles. The van der Waals surface area contributed by atoms with E-state index < -0.39 is 5.82 Å². The molecule has 0 atom stereocenters. The van der Waals surface area contributed by atoms with E-state index in [1.54, 1.807) is 30.3 Å². The van der Waals surface area contributed by atoms with Crippen molar-refractivity contribution >= 4 is 35.1 Å². The van der Waals surface area contributed by atoms with Gasteiger partial charge < -0.3 is 15.4 Å². The summed E-state index contributed by atoms with van der Waals surface area (Å²) in [6.45, 7) is 0.500. The number of carbonyl (C=O) groups is 3. The molecule has 0 saturated carbocycles. The molecule has 1 heterocycles. The van der Waals surface area contributed by atoms with Crippen molar-refractivity contribution in [2.75, 3.05) is 19.0 Å². The molecule has 0 radical (unpaired) electrons. The van der Waals surface area contributed by atoms with E-state index in [0.29, 0.717) is 40.9 Å². The van der Waals surface area contributed by atoms with Crippen molar-refractivity contribution in [3.8, 4) is 0 Å². The van der Waals surface area contributed by atoms with Crippen molar-refractivity contribution in [2.45, 2.75) is 25.7 Å². The molecule has 2 amide bonds. The maximum atomic E-state index is 13.6. The number of carbonyl (C=O) groups excluding carboxylic acids is 3. The SMILES string of the molecule is COC(=O)CCCCCNC(=O)c1cccc(/C=C2\C(=O)Nc3ccc(F)cc32)c1. The molecule has 7 heteroatoms. The van der Waals surface area contributed by atoms with Gasteiger partial charge in [0.25, 0.3) is 11.8 Å². The molecule has 0 fully saturated rings. The normalized spacial score (nSPS) is 13.7. The van der Waals surface area contributed by atoms with Gasteiger partial charge in [-0.3, -0.25) is 14.4 Å². The molecule has 2 N–H and O–H groups in total. The summed E-state index contributed by atoms with van der Waals surface area (Å²) >= 11 is 0. The number of hydrogen-bond donors (Lipinski definition) is 2. The monoisotopic (exact) mass is 410 g/mol. The molecule has 2 aromatic carbocycles. The van der Waals surface area contributed by atoms with Crippen LogP contribution in [0.2, 0.25) is 0 Å². The third kappa shape index (κ3) is 5.31. The molecule has 1 aliphatic rings. The Hall–Kier alpha value is -3.48. The molecule has 156 valence electrons. The number of esters is 1. The standard InChI is InChI=1S/C23H23FN2O4/c1-30-21(27)8-3-2-4-11-25-22(28)16-7-5-6-15(12-16)13-19-18-14-17(24)9-10-20(18)26-23(19)29/h5-7,9-10,12-14H,2-4,8,11H2,1H3,(H,25,28)(H,26,29)/b19-13-. The topological polar surface area (TPSA) is 84.5 Å². The van der Waals surface area contributed by atoms with Crippen molar-refractivity contribution in [2.24, 2.45) is 0 Å². The molecule has 0 unspecified atom stereocenters. The van der Waals surface area contributed by atoms with Gasteiger partial charge in [-0.05, 0) is 54.8 Å². The Morgan fingerprint density at radius 3 is 2.77 bits per heavy atom. The van der Waals surface area contributed by atoms with Crippen LogP contribution in [0.4, 0.5) is 10.1 Å². The van der Waals surface area contributed by atoms with Crippen molar-refractivity contribution < 1.29 is 23.5 Å². The van der Waals surface area contributed by atoms with Crippen LogP contribution < -0.4 is 10.6 Å². The van der Waals surface area contributed by atoms with Gasteiger partial charge in [-0.25, -0.2) is 4.39 Å². The van der Waals surface area contributed by atoms with Gasteiger partial charge in [-0.15, -0.1) is 0 Å². The maximum absolute atomic E-state index is 13.6. The third-order valence-electron chi connectivity index (χ3n) is 4.80. The first-order valence-corrected chi connectivity index (χ1v) is 9.76. The lowest BCUT2D eigenvalue weighted by Crippen LogP contribution is -2.24. The Kier molecular flexibility index (Phi) is 6.95. The first-order chi connectivity index (χ1) is 14.5. The van der Waals surface area contributed by atoms with Crippen molar-refractivity contribution in [1.82, 2.24) is 5.32 Å². The number of halogens is 1. The van der Waals surface area contributed by atoms with Crippen LogP contribution >= 0.6 is 0 Å². The Morgan fingerprint density at radius 1 is 1.13 bits per heavy atom. The van der Waals surface area contributed by atoms with Gasteiger partial charge in [0.15, 0.2) is 0 Å². The Balaban J connectivity index is 1.61. The second-order valence-electron chi connectivity index (χ2n) is 6.97. The highest BCUT2D eigenvalue weighted by Gasteiger charge is 2.24. The van der Waals surface area contributed by atoms with Crippen molar-refractivity contribution in [3.63, 3.8) is 0 Å². The third-order valence-corrected chi connectivity index (χ3v) is 4.80. The van der Waals surface area contributed by atoms with Gasteiger partial charge in [0.05, 0.1) is 7.11 Å². The number of rotatable bonds is 8. The fourth-order valence-electron chi connectivity index (χ4n) is 3.22. The number of methoxy groups -OCH3 is 1. The molecule has 0 saturated heterocycles. The summed E-state index contributed by atoms with van der Waals surface area (Å²) in [5.74, 6) is -1.18.